The second-order valence-corrected chi connectivity index (χ2v) is 3.46. The summed E-state index contributed by atoms with van der Waals surface area (Å²) in [5, 5.41) is 0. The molecule has 1 fully saturated rings. The molecule has 1 saturated heterocycles. The zero-order valence-corrected chi connectivity index (χ0v) is 7.10. The Labute approximate surface area is 65.6 Å². The molecule has 10 heavy (non-hydrogen) atoms. The smallest absolute Gasteiger partial charge is 0.0801 e. The minimum absolute atomic E-state index is 1.06. The van der Waals surface area contributed by atoms with E-state index < -0.39 is 0 Å². The van der Waals surface area contributed by atoms with Crippen molar-refractivity contribution in [2.24, 2.45) is 5.92 Å². The Kier molecular flexibility index (Phi) is 3.93. The zero-order valence-electron chi connectivity index (χ0n) is 7.10. The van der Waals surface area contributed by atoms with Crippen LogP contribution in [0.5, 0.6) is 0 Å². The third-order valence-corrected chi connectivity index (χ3v) is 2.49. The first-order chi connectivity index (χ1) is 4.93. The lowest BCUT2D eigenvalue weighted by Gasteiger charge is -2.06. The largest absolute Gasteiger partial charge is 0.109 e. The van der Waals surface area contributed by atoms with E-state index in [0.29, 0.717) is 0 Å². The van der Waals surface area contributed by atoms with Crippen LogP contribution in [0, 0.1) is 5.92 Å². The van der Waals surface area contributed by atoms with Crippen molar-refractivity contribution < 1.29 is 0 Å². The molecule has 1 unspecified atom stereocenters. The highest BCUT2D eigenvalue weighted by Gasteiger charge is 2.14. The molecular weight excluding hydrogens is 119 g/mol. The molecule has 1 atom stereocenters. The average Bonchev–Trinajstić information content (AvgIpc) is 2.41. The summed E-state index contributed by atoms with van der Waals surface area (Å²) in [5.41, 5.74) is 0. The standard InChI is InChI=1S/C9H18B/c1-2-3-4-5-9-6-7-10-8-9/h9H,2-8H2,1H3. The SMILES string of the molecule is CCCCCC1C[B]CC1. The molecule has 0 aromatic heterocycles. The van der Waals surface area contributed by atoms with Crippen LogP contribution in [-0.2, 0) is 0 Å². The van der Waals surface area contributed by atoms with E-state index in [1.165, 1.54) is 44.7 Å². The Balaban J connectivity index is 1.91. The Morgan fingerprint density at radius 3 is 2.90 bits per heavy atom. The van der Waals surface area contributed by atoms with Crippen LogP contribution in [0.15, 0.2) is 0 Å². The predicted molar refractivity (Wildman–Crippen MR) is 47.6 cm³/mol. The van der Waals surface area contributed by atoms with Crippen LogP contribution in [0.3, 0.4) is 0 Å². The third-order valence-electron chi connectivity index (χ3n) is 2.49. The number of rotatable bonds is 4. The molecule has 0 bridgehead atoms. The normalized spacial score (nSPS) is 24.7. The summed E-state index contributed by atoms with van der Waals surface area (Å²) < 4.78 is 0. The molecule has 1 aliphatic heterocycles. The van der Waals surface area contributed by atoms with Crippen molar-refractivity contribution in [1.82, 2.24) is 0 Å². The highest BCUT2D eigenvalue weighted by molar-refractivity contribution is 6.36. The van der Waals surface area contributed by atoms with E-state index in [2.05, 4.69) is 14.2 Å². The van der Waals surface area contributed by atoms with Gasteiger partial charge in [0.2, 0.25) is 0 Å². The molecule has 57 valence electrons. The molecule has 0 spiro atoms. The summed E-state index contributed by atoms with van der Waals surface area (Å²) >= 11 is 0. The first-order valence-electron chi connectivity index (χ1n) is 4.75. The summed E-state index contributed by atoms with van der Waals surface area (Å²) in [5.74, 6) is 1.06. The van der Waals surface area contributed by atoms with Crippen molar-refractivity contribution in [2.45, 2.75) is 51.7 Å². The van der Waals surface area contributed by atoms with Gasteiger partial charge in [-0.2, -0.15) is 0 Å². The van der Waals surface area contributed by atoms with E-state index in [0.717, 1.165) is 5.92 Å². The maximum atomic E-state index is 2.45. The van der Waals surface area contributed by atoms with E-state index >= 15 is 0 Å². The van der Waals surface area contributed by atoms with Gasteiger partial charge in [0.1, 0.15) is 7.28 Å². The van der Waals surface area contributed by atoms with Crippen LogP contribution < -0.4 is 0 Å². The molecule has 1 heterocycles. The average molecular weight is 137 g/mol. The second-order valence-electron chi connectivity index (χ2n) is 3.46. The second kappa shape index (κ2) is 4.82. The van der Waals surface area contributed by atoms with E-state index in [1.807, 2.05) is 0 Å². The summed E-state index contributed by atoms with van der Waals surface area (Å²) in [6, 6.07) is 0. The molecule has 0 aromatic carbocycles. The third kappa shape index (κ3) is 2.77. The Morgan fingerprint density at radius 2 is 2.30 bits per heavy atom. The van der Waals surface area contributed by atoms with Gasteiger partial charge in [-0.3, -0.25) is 0 Å². The van der Waals surface area contributed by atoms with Crippen LogP contribution in [0.4, 0.5) is 0 Å². The number of hydrogen-bond acceptors (Lipinski definition) is 0. The quantitative estimate of drug-likeness (QED) is 0.412. The lowest BCUT2D eigenvalue weighted by Crippen LogP contribution is -1.92. The monoisotopic (exact) mass is 137 g/mol. The van der Waals surface area contributed by atoms with Gasteiger partial charge in [-0.1, -0.05) is 51.7 Å². The fourth-order valence-electron chi connectivity index (χ4n) is 1.77. The van der Waals surface area contributed by atoms with Crippen LogP contribution >= 0.6 is 0 Å². The summed E-state index contributed by atoms with van der Waals surface area (Å²) in [7, 11) is 2.45. The molecule has 1 aliphatic rings. The number of unbranched alkanes of at least 4 members (excludes halogenated alkanes) is 2. The van der Waals surface area contributed by atoms with Crippen molar-refractivity contribution in [3.63, 3.8) is 0 Å². The maximum Gasteiger partial charge on any atom is 0.109 e. The van der Waals surface area contributed by atoms with Crippen LogP contribution in [-0.4, -0.2) is 7.28 Å². The minimum atomic E-state index is 1.06. The van der Waals surface area contributed by atoms with E-state index in [-0.39, 0.29) is 0 Å². The van der Waals surface area contributed by atoms with Gasteiger partial charge in [0, 0.05) is 0 Å². The van der Waals surface area contributed by atoms with Gasteiger partial charge in [0.05, 0.1) is 0 Å². The number of hydrogen-bond donors (Lipinski definition) is 0. The van der Waals surface area contributed by atoms with Gasteiger partial charge in [-0.05, 0) is 5.92 Å². The Hall–Kier alpha value is 0.0649. The van der Waals surface area contributed by atoms with Crippen molar-refractivity contribution in [2.75, 3.05) is 0 Å². The fraction of sp³-hybridized carbons (Fsp3) is 1.00. The van der Waals surface area contributed by atoms with E-state index in [4.69, 9.17) is 0 Å². The van der Waals surface area contributed by atoms with Crippen molar-refractivity contribution in [3.05, 3.63) is 0 Å². The molecule has 0 aliphatic carbocycles. The van der Waals surface area contributed by atoms with Crippen LogP contribution in [0.25, 0.3) is 0 Å². The molecule has 0 nitrogen and oxygen atoms in total. The van der Waals surface area contributed by atoms with Gasteiger partial charge < -0.3 is 0 Å². The van der Waals surface area contributed by atoms with Gasteiger partial charge in [0.25, 0.3) is 0 Å². The minimum Gasteiger partial charge on any atom is -0.0801 e. The molecule has 0 aromatic rings. The molecule has 0 N–H and O–H groups in total. The van der Waals surface area contributed by atoms with Gasteiger partial charge >= 0.3 is 0 Å². The van der Waals surface area contributed by atoms with Gasteiger partial charge in [-0.25, -0.2) is 0 Å². The predicted octanol–water partition coefficient (Wildman–Crippen LogP) is 3.13. The molecule has 1 radical (unpaired) electrons. The Morgan fingerprint density at radius 1 is 1.40 bits per heavy atom. The van der Waals surface area contributed by atoms with Gasteiger partial charge in [-0.15, -0.1) is 0 Å². The molecule has 0 saturated carbocycles. The van der Waals surface area contributed by atoms with Crippen molar-refractivity contribution in [3.8, 4) is 0 Å². The van der Waals surface area contributed by atoms with E-state index in [1.54, 1.807) is 0 Å². The first-order valence-corrected chi connectivity index (χ1v) is 4.75. The van der Waals surface area contributed by atoms with Crippen LogP contribution in [0.1, 0.15) is 39.0 Å². The summed E-state index contributed by atoms with van der Waals surface area (Å²) in [6.45, 7) is 2.28. The first kappa shape index (κ1) is 8.16. The zero-order chi connectivity index (χ0) is 7.23. The fourth-order valence-corrected chi connectivity index (χ4v) is 1.77. The highest BCUT2D eigenvalue weighted by atomic mass is 14.1. The maximum absolute atomic E-state index is 2.45. The summed E-state index contributed by atoms with van der Waals surface area (Å²) in [4.78, 5) is 0. The molecule has 0 amide bonds. The van der Waals surface area contributed by atoms with Crippen molar-refractivity contribution in [1.29, 1.82) is 0 Å². The van der Waals surface area contributed by atoms with Crippen molar-refractivity contribution >= 4 is 7.28 Å². The molecule has 1 rings (SSSR count). The lowest BCUT2D eigenvalue weighted by atomic mass is 9.76. The molecular formula is C9H18B. The topological polar surface area (TPSA) is 0 Å². The van der Waals surface area contributed by atoms with Gasteiger partial charge in [0.15, 0.2) is 0 Å². The summed E-state index contributed by atoms with van der Waals surface area (Å²) in [6.07, 6.45) is 10.0. The lowest BCUT2D eigenvalue weighted by molar-refractivity contribution is 0.500. The Bertz CT molecular complexity index is 74.8. The van der Waals surface area contributed by atoms with Crippen LogP contribution in [0.2, 0.25) is 12.6 Å². The van der Waals surface area contributed by atoms with E-state index in [9.17, 15) is 0 Å². The molecule has 1 heteroatoms. The highest BCUT2D eigenvalue weighted by Crippen LogP contribution is 2.25.